The fourth-order valence-corrected chi connectivity index (χ4v) is 4.12. The number of carbonyl (C=O) groups is 3. The summed E-state index contributed by atoms with van der Waals surface area (Å²) >= 11 is 0. The van der Waals surface area contributed by atoms with Crippen molar-refractivity contribution >= 4 is 23.7 Å². The van der Waals surface area contributed by atoms with Gasteiger partial charge in [-0.15, -0.1) is 0 Å². The first kappa shape index (κ1) is 23.0. The number of fused-ring (bicyclic) bond motifs is 3. The lowest BCUT2D eigenvalue weighted by Crippen LogP contribution is -2.36. The molecule has 0 aliphatic heterocycles. The van der Waals surface area contributed by atoms with Crippen molar-refractivity contribution in [2.75, 3.05) is 11.9 Å². The number of hydrogen-bond acceptors (Lipinski definition) is 5. The van der Waals surface area contributed by atoms with Gasteiger partial charge in [-0.1, -0.05) is 55.5 Å². The van der Waals surface area contributed by atoms with Gasteiger partial charge in [0.15, 0.2) is 0 Å². The third-order valence-electron chi connectivity index (χ3n) is 5.84. The molecule has 2 aromatic carbocycles. The molecule has 34 heavy (non-hydrogen) atoms. The van der Waals surface area contributed by atoms with E-state index in [1.807, 2.05) is 24.3 Å². The van der Waals surface area contributed by atoms with Crippen molar-refractivity contribution in [2.24, 2.45) is 0 Å². The molecular formula is C26H25N3O5. The van der Waals surface area contributed by atoms with Gasteiger partial charge in [-0.05, 0) is 40.8 Å². The molecule has 4 rings (SSSR count). The van der Waals surface area contributed by atoms with E-state index in [2.05, 4.69) is 39.9 Å². The minimum absolute atomic E-state index is 0.0420. The van der Waals surface area contributed by atoms with E-state index in [1.165, 1.54) is 12.3 Å². The van der Waals surface area contributed by atoms with Gasteiger partial charge in [0.05, 0.1) is 18.3 Å². The van der Waals surface area contributed by atoms with E-state index in [1.54, 1.807) is 13.0 Å². The molecule has 1 aromatic heterocycles. The summed E-state index contributed by atoms with van der Waals surface area (Å²) in [5.41, 5.74) is 5.06. The maximum absolute atomic E-state index is 12.4. The predicted octanol–water partition coefficient (Wildman–Crippen LogP) is 4.43. The van der Waals surface area contributed by atoms with Crippen molar-refractivity contribution in [2.45, 2.75) is 31.7 Å². The summed E-state index contributed by atoms with van der Waals surface area (Å²) in [7, 11) is 0. The van der Waals surface area contributed by atoms with Gasteiger partial charge in [0.1, 0.15) is 12.3 Å². The molecule has 0 fully saturated rings. The van der Waals surface area contributed by atoms with E-state index in [-0.39, 0.29) is 24.6 Å². The van der Waals surface area contributed by atoms with E-state index in [0.717, 1.165) is 22.3 Å². The number of nitrogens with one attached hydrogen (secondary N) is 2. The smallest absolute Gasteiger partial charge is 0.411 e. The predicted molar refractivity (Wildman–Crippen MR) is 127 cm³/mol. The van der Waals surface area contributed by atoms with Crippen LogP contribution >= 0.6 is 0 Å². The topological polar surface area (TPSA) is 118 Å². The molecule has 174 valence electrons. The van der Waals surface area contributed by atoms with Crippen LogP contribution in [0.5, 0.6) is 0 Å². The molecule has 0 saturated heterocycles. The Bertz CT molecular complexity index is 1160. The zero-order chi connectivity index (χ0) is 24.1. The summed E-state index contributed by atoms with van der Waals surface area (Å²) in [5, 5.41) is 14.2. The molecule has 0 bridgehead atoms. The van der Waals surface area contributed by atoms with Gasteiger partial charge in [-0.2, -0.15) is 0 Å². The Morgan fingerprint density at radius 2 is 1.65 bits per heavy atom. The number of carboxylic acids is 1. The lowest BCUT2D eigenvalue weighted by molar-refractivity contribution is -0.137. The molecule has 0 spiro atoms. The lowest BCUT2D eigenvalue weighted by atomic mass is 9.98. The van der Waals surface area contributed by atoms with Crippen LogP contribution in [0.2, 0.25) is 0 Å². The molecule has 0 saturated carbocycles. The van der Waals surface area contributed by atoms with Gasteiger partial charge in [0.2, 0.25) is 0 Å². The van der Waals surface area contributed by atoms with Crippen molar-refractivity contribution < 1.29 is 24.2 Å². The average Bonchev–Trinajstić information content (AvgIpc) is 3.16. The van der Waals surface area contributed by atoms with Crippen LogP contribution in [0.1, 0.15) is 47.3 Å². The molecule has 8 nitrogen and oxygen atoms in total. The summed E-state index contributed by atoms with van der Waals surface area (Å²) in [6, 6.07) is 18.7. The van der Waals surface area contributed by atoms with E-state index < -0.39 is 24.0 Å². The highest BCUT2D eigenvalue weighted by Crippen LogP contribution is 2.44. The van der Waals surface area contributed by atoms with E-state index in [0.29, 0.717) is 12.1 Å². The number of carboxylic acid groups (broad SMARTS) is 1. The highest BCUT2D eigenvalue weighted by molar-refractivity contribution is 5.93. The number of amides is 2. The number of aromatic nitrogens is 1. The second kappa shape index (κ2) is 10.2. The first-order valence-electron chi connectivity index (χ1n) is 11.1. The second-order valence-corrected chi connectivity index (χ2v) is 8.06. The Kier molecular flexibility index (Phi) is 6.87. The van der Waals surface area contributed by atoms with Crippen LogP contribution < -0.4 is 10.6 Å². The van der Waals surface area contributed by atoms with E-state index >= 15 is 0 Å². The summed E-state index contributed by atoms with van der Waals surface area (Å²) in [4.78, 5) is 39.6. The number of rotatable bonds is 8. The molecule has 0 radical (unpaired) electrons. The normalized spacial score (nSPS) is 12.9. The quantitative estimate of drug-likeness (QED) is 0.459. The fourth-order valence-electron chi connectivity index (χ4n) is 4.12. The Labute approximate surface area is 197 Å². The minimum atomic E-state index is -0.984. The molecule has 8 heteroatoms. The van der Waals surface area contributed by atoms with Crippen LogP contribution in [-0.2, 0) is 9.53 Å². The van der Waals surface area contributed by atoms with Crippen molar-refractivity contribution in [3.8, 4) is 11.1 Å². The van der Waals surface area contributed by atoms with E-state index in [4.69, 9.17) is 9.84 Å². The number of aliphatic carboxylic acids is 1. The number of pyridine rings is 1. The summed E-state index contributed by atoms with van der Waals surface area (Å²) in [5.74, 6) is -1.50. The Hall–Kier alpha value is -4.20. The van der Waals surface area contributed by atoms with Crippen molar-refractivity contribution in [3.63, 3.8) is 0 Å². The minimum Gasteiger partial charge on any atom is -0.481 e. The number of ether oxygens (including phenoxy) is 1. The van der Waals surface area contributed by atoms with Gasteiger partial charge in [0, 0.05) is 12.0 Å². The average molecular weight is 460 g/mol. The van der Waals surface area contributed by atoms with Crippen molar-refractivity contribution in [1.82, 2.24) is 10.3 Å². The largest absolute Gasteiger partial charge is 0.481 e. The summed E-state index contributed by atoms with van der Waals surface area (Å²) < 4.78 is 5.51. The standard InChI is InChI=1S/C26H25N3O5/c1-2-16(13-24(30)31)28-25(32)23-12-11-17(14-27-23)29-26(33)34-15-22-20-9-5-3-7-18(20)19-8-4-6-10-21(19)22/h3-12,14,16,22H,2,13,15H2,1H3,(H,28,32)(H,29,33)(H,30,31)/t16-/m1/s1. The summed E-state index contributed by atoms with van der Waals surface area (Å²) in [6.07, 6.45) is 1.06. The van der Waals surface area contributed by atoms with Crippen LogP contribution in [0, 0.1) is 0 Å². The number of anilines is 1. The summed E-state index contributed by atoms with van der Waals surface area (Å²) in [6.45, 7) is 1.98. The Morgan fingerprint density at radius 3 is 2.21 bits per heavy atom. The van der Waals surface area contributed by atoms with Gasteiger partial charge in [-0.3, -0.25) is 14.9 Å². The van der Waals surface area contributed by atoms with Crippen molar-refractivity contribution in [1.29, 1.82) is 0 Å². The maximum atomic E-state index is 12.4. The first-order chi connectivity index (χ1) is 16.5. The zero-order valence-corrected chi connectivity index (χ0v) is 18.7. The van der Waals surface area contributed by atoms with Crippen LogP contribution in [-0.4, -0.2) is 40.7 Å². The fraction of sp³-hybridized carbons (Fsp3) is 0.231. The molecule has 1 heterocycles. The molecular weight excluding hydrogens is 434 g/mol. The zero-order valence-electron chi connectivity index (χ0n) is 18.7. The lowest BCUT2D eigenvalue weighted by Gasteiger charge is -2.15. The third kappa shape index (κ3) is 5.06. The molecule has 1 aliphatic carbocycles. The highest BCUT2D eigenvalue weighted by Gasteiger charge is 2.29. The highest BCUT2D eigenvalue weighted by atomic mass is 16.5. The van der Waals surface area contributed by atoms with Crippen LogP contribution in [0.4, 0.5) is 10.5 Å². The Morgan fingerprint density at radius 1 is 1.00 bits per heavy atom. The molecule has 1 aliphatic rings. The molecule has 0 unspecified atom stereocenters. The number of benzene rings is 2. The molecule has 3 N–H and O–H groups in total. The van der Waals surface area contributed by atoms with Gasteiger partial charge < -0.3 is 15.2 Å². The first-order valence-corrected chi connectivity index (χ1v) is 11.1. The van der Waals surface area contributed by atoms with Crippen LogP contribution in [0.15, 0.2) is 66.9 Å². The van der Waals surface area contributed by atoms with Crippen LogP contribution in [0.25, 0.3) is 11.1 Å². The number of nitrogens with zero attached hydrogens (tertiary/aromatic N) is 1. The Balaban J connectivity index is 1.34. The maximum Gasteiger partial charge on any atom is 0.411 e. The third-order valence-corrected chi connectivity index (χ3v) is 5.84. The van der Waals surface area contributed by atoms with Gasteiger partial charge in [0.25, 0.3) is 5.91 Å². The van der Waals surface area contributed by atoms with Gasteiger partial charge >= 0.3 is 12.1 Å². The number of hydrogen-bond donors (Lipinski definition) is 3. The van der Waals surface area contributed by atoms with E-state index in [9.17, 15) is 14.4 Å². The SMILES string of the molecule is CC[C@H](CC(=O)O)NC(=O)c1ccc(NC(=O)OCC2c3ccccc3-c3ccccc32)cn1. The number of carbonyl (C=O) groups excluding carboxylic acids is 2. The van der Waals surface area contributed by atoms with Gasteiger partial charge in [-0.25, -0.2) is 9.78 Å². The molecule has 3 aromatic rings. The monoisotopic (exact) mass is 459 g/mol. The molecule has 2 amide bonds. The van der Waals surface area contributed by atoms with Crippen molar-refractivity contribution in [3.05, 3.63) is 83.7 Å². The van der Waals surface area contributed by atoms with Crippen LogP contribution in [0.3, 0.4) is 0 Å². The molecule has 1 atom stereocenters. The second-order valence-electron chi connectivity index (χ2n) is 8.06.